The Labute approximate surface area is 135 Å². The topological polar surface area (TPSA) is 77.2 Å². The van der Waals surface area contributed by atoms with E-state index in [2.05, 4.69) is 19.9 Å². The van der Waals surface area contributed by atoms with Crippen LogP contribution < -0.4 is 15.4 Å². The first-order chi connectivity index (χ1) is 11.2. The average Bonchev–Trinajstić information content (AvgIpc) is 2.58. The summed E-state index contributed by atoms with van der Waals surface area (Å²) in [6, 6.07) is 13.5. The predicted octanol–water partition coefficient (Wildman–Crippen LogP) is 2.51. The van der Waals surface area contributed by atoms with Crippen molar-refractivity contribution in [2.75, 3.05) is 30.8 Å². The number of hydrogen-bond acceptors (Lipinski definition) is 6. The van der Waals surface area contributed by atoms with E-state index in [-0.39, 0.29) is 0 Å². The molecule has 0 unspecified atom stereocenters. The number of pyridine rings is 1. The molecule has 6 nitrogen and oxygen atoms in total. The van der Waals surface area contributed by atoms with Crippen LogP contribution in [0.2, 0.25) is 0 Å². The highest BCUT2D eigenvalue weighted by molar-refractivity contribution is 5.87. The molecule has 2 heterocycles. The third-order valence-electron chi connectivity index (χ3n) is 3.51. The fourth-order valence-electron chi connectivity index (χ4n) is 2.36. The standard InChI is InChI=1S/C17H19N5O/c1-22(10-5-11-23-13-6-3-2-4-7-13)17-14-8-9-15(18)21-16(14)19-12-20-17/h2-4,6-9,12H,5,10-11H2,1H3,(H2,18,19,20,21). The molecule has 0 saturated heterocycles. The van der Waals surface area contributed by atoms with Gasteiger partial charge in [0.1, 0.15) is 23.7 Å². The van der Waals surface area contributed by atoms with Crippen molar-refractivity contribution in [1.82, 2.24) is 15.0 Å². The van der Waals surface area contributed by atoms with Crippen LogP contribution in [-0.2, 0) is 0 Å². The molecule has 0 saturated carbocycles. The van der Waals surface area contributed by atoms with Crippen molar-refractivity contribution >= 4 is 22.7 Å². The molecule has 0 aliphatic carbocycles. The Morgan fingerprint density at radius 2 is 1.91 bits per heavy atom. The van der Waals surface area contributed by atoms with Crippen molar-refractivity contribution in [2.45, 2.75) is 6.42 Å². The number of hydrogen-bond donors (Lipinski definition) is 1. The van der Waals surface area contributed by atoms with Crippen molar-refractivity contribution in [3.8, 4) is 5.75 Å². The Hall–Kier alpha value is -2.89. The predicted molar refractivity (Wildman–Crippen MR) is 91.6 cm³/mol. The summed E-state index contributed by atoms with van der Waals surface area (Å²) >= 11 is 0. The molecule has 0 fully saturated rings. The van der Waals surface area contributed by atoms with E-state index in [1.165, 1.54) is 6.33 Å². The van der Waals surface area contributed by atoms with Gasteiger partial charge in [0.15, 0.2) is 5.65 Å². The van der Waals surface area contributed by atoms with Gasteiger partial charge in [0, 0.05) is 13.6 Å². The van der Waals surface area contributed by atoms with Crippen LogP contribution in [0.25, 0.3) is 11.0 Å². The second-order valence-corrected chi connectivity index (χ2v) is 5.24. The summed E-state index contributed by atoms with van der Waals surface area (Å²) in [5.41, 5.74) is 6.32. The van der Waals surface area contributed by atoms with E-state index >= 15 is 0 Å². The van der Waals surface area contributed by atoms with Crippen molar-refractivity contribution < 1.29 is 4.74 Å². The number of ether oxygens (including phenoxy) is 1. The zero-order valence-corrected chi connectivity index (χ0v) is 13.0. The van der Waals surface area contributed by atoms with Crippen molar-refractivity contribution in [2.24, 2.45) is 0 Å². The van der Waals surface area contributed by atoms with Gasteiger partial charge in [-0.1, -0.05) is 18.2 Å². The molecule has 1 aromatic carbocycles. The number of nitrogen functional groups attached to an aromatic ring is 1. The van der Waals surface area contributed by atoms with Crippen LogP contribution in [0.5, 0.6) is 5.75 Å². The number of nitrogens with zero attached hydrogens (tertiary/aromatic N) is 4. The average molecular weight is 309 g/mol. The zero-order valence-electron chi connectivity index (χ0n) is 13.0. The summed E-state index contributed by atoms with van der Waals surface area (Å²) in [5, 5.41) is 0.896. The van der Waals surface area contributed by atoms with Crippen LogP contribution >= 0.6 is 0 Å². The van der Waals surface area contributed by atoms with Gasteiger partial charge in [0.2, 0.25) is 0 Å². The lowest BCUT2D eigenvalue weighted by molar-refractivity contribution is 0.312. The number of anilines is 2. The maximum atomic E-state index is 5.71. The Morgan fingerprint density at radius 1 is 1.09 bits per heavy atom. The Bertz CT molecular complexity index is 778. The molecule has 3 rings (SSSR count). The Balaban J connectivity index is 1.61. The smallest absolute Gasteiger partial charge is 0.166 e. The number of fused-ring (bicyclic) bond motifs is 1. The molecule has 0 radical (unpaired) electrons. The molecule has 2 N–H and O–H groups in total. The van der Waals surface area contributed by atoms with Crippen LogP contribution in [0.1, 0.15) is 6.42 Å². The molecule has 3 aromatic rings. The summed E-state index contributed by atoms with van der Waals surface area (Å²) < 4.78 is 5.71. The molecule has 118 valence electrons. The third kappa shape index (κ3) is 3.66. The molecule has 6 heteroatoms. The summed E-state index contributed by atoms with van der Waals surface area (Å²) in [4.78, 5) is 14.8. The van der Waals surface area contributed by atoms with E-state index in [9.17, 15) is 0 Å². The summed E-state index contributed by atoms with van der Waals surface area (Å²) in [5.74, 6) is 2.20. The Morgan fingerprint density at radius 3 is 2.74 bits per heavy atom. The second-order valence-electron chi connectivity index (χ2n) is 5.24. The number of aromatic nitrogens is 3. The van der Waals surface area contributed by atoms with Gasteiger partial charge in [0.25, 0.3) is 0 Å². The quantitative estimate of drug-likeness (QED) is 0.705. The molecule has 0 aliphatic heterocycles. The van der Waals surface area contributed by atoms with Crippen molar-refractivity contribution in [3.63, 3.8) is 0 Å². The molecule has 0 amide bonds. The minimum Gasteiger partial charge on any atom is -0.494 e. The van der Waals surface area contributed by atoms with E-state index in [4.69, 9.17) is 10.5 Å². The first kappa shape index (κ1) is 15.0. The van der Waals surface area contributed by atoms with Crippen LogP contribution in [0.15, 0.2) is 48.8 Å². The first-order valence-electron chi connectivity index (χ1n) is 7.50. The van der Waals surface area contributed by atoms with Gasteiger partial charge in [-0.25, -0.2) is 15.0 Å². The van der Waals surface area contributed by atoms with Gasteiger partial charge in [-0.15, -0.1) is 0 Å². The molecule has 0 aliphatic rings. The Kier molecular flexibility index (Phi) is 4.52. The highest BCUT2D eigenvalue weighted by Crippen LogP contribution is 2.21. The number of nitrogens with two attached hydrogens (primary N) is 1. The lowest BCUT2D eigenvalue weighted by Crippen LogP contribution is -2.22. The lowest BCUT2D eigenvalue weighted by Gasteiger charge is -2.19. The number of para-hydroxylation sites is 1. The third-order valence-corrected chi connectivity index (χ3v) is 3.51. The second kappa shape index (κ2) is 6.91. The molecule has 23 heavy (non-hydrogen) atoms. The monoisotopic (exact) mass is 309 g/mol. The minimum atomic E-state index is 0.459. The van der Waals surface area contributed by atoms with E-state index in [1.807, 2.05) is 43.4 Å². The van der Waals surface area contributed by atoms with Crippen LogP contribution in [0, 0.1) is 0 Å². The van der Waals surface area contributed by atoms with Gasteiger partial charge >= 0.3 is 0 Å². The molecule has 2 aromatic heterocycles. The van der Waals surface area contributed by atoms with Crippen LogP contribution in [0.4, 0.5) is 11.6 Å². The fourth-order valence-corrected chi connectivity index (χ4v) is 2.36. The number of benzene rings is 1. The highest BCUT2D eigenvalue weighted by atomic mass is 16.5. The lowest BCUT2D eigenvalue weighted by atomic mass is 10.3. The molecular formula is C17H19N5O. The molecular weight excluding hydrogens is 290 g/mol. The van der Waals surface area contributed by atoms with Crippen molar-refractivity contribution in [3.05, 3.63) is 48.8 Å². The largest absolute Gasteiger partial charge is 0.494 e. The van der Waals surface area contributed by atoms with Gasteiger partial charge in [-0.2, -0.15) is 0 Å². The van der Waals surface area contributed by atoms with Crippen LogP contribution in [0.3, 0.4) is 0 Å². The van der Waals surface area contributed by atoms with Gasteiger partial charge < -0.3 is 15.4 Å². The zero-order chi connectivity index (χ0) is 16.1. The molecule has 0 atom stereocenters. The summed E-state index contributed by atoms with van der Waals surface area (Å²) in [6.45, 7) is 1.48. The van der Waals surface area contributed by atoms with E-state index in [1.54, 1.807) is 6.07 Å². The fraction of sp³-hybridized carbons (Fsp3) is 0.235. The van der Waals surface area contributed by atoms with Gasteiger partial charge in [-0.3, -0.25) is 0 Å². The summed E-state index contributed by atoms with van der Waals surface area (Å²) in [7, 11) is 2.00. The maximum absolute atomic E-state index is 5.71. The van der Waals surface area contributed by atoms with Gasteiger partial charge in [-0.05, 0) is 30.7 Å². The van der Waals surface area contributed by atoms with Crippen LogP contribution in [-0.4, -0.2) is 35.2 Å². The summed E-state index contributed by atoms with van der Waals surface area (Å²) in [6.07, 6.45) is 2.40. The molecule has 0 bridgehead atoms. The highest BCUT2D eigenvalue weighted by Gasteiger charge is 2.09. The SMILES string of the molecule is CN(CCCOc1ccccc1)c1ncnc2nc(N)ccc12. The van der Waals surface area contributed by atoms with Crippen molar-refractivity contribution in [1.29, 1.82) is 0 Å². The van der Waals surface area contributed by atoms with E-state index in [0.717, 1.165) is 29.9 Å². The first-order valence-corrected chi connectivity index (χ1v) is 7.50. The molecule has 0 spiro atoms. The number of rotatable bonds is 6. The maximum Gasteiger partial charge on any atom is 0.166 e. The minimum absolute atomic E-state index is 0.459. The normalized spacial score (nSPS) is 10.7. The van der Waals surface area contributed by atoms with E-state index < -0.39 is 0 Å². The van der Waals surface area contributed by atoms with E-state index in [0.29, 0.717) is 18.1 Å². The van der Waals surface area contributed by atoms with Gasteiger partial charge in [0.05, 0.1) is 12.0 Å².